The minimum atomic E-state index is -0.186. The zero-order valence-corrected chi connectivity index (χ0v) is 20.8. The Kier molecular flexibility index (Phi) is 7.62. The number of unbranched alkanes of at least 4 members (excludes halogenated alkanes) is 1. The van der Waals surface area contributed by atoms with Crippen LogP contribution in [0.5, 0.6) is 0 Å². The number of hydrogen-bond acceptors (Lipinski definition) is 4. The summed E-state index contributed by atoms with van der Waals surface area (Å²) in [4.78, 5) is 30.9. The van der Waals surface area contributed by atoms with E-state index in [1.807, 2.05) is 0 Å². The Morgan fingerprint density at radius 3 is 2.52 bits per heavy atom. The Bertz CT molecular complexity index is 822. The highest BCUT2D eigenvalue weighted by molar-refractivity contribution is 14.0. The first-order valence-corrected chi connectivity index (χ1v) is 11.1. The topological polar surface area (TPSA) is 83.0 Å². The molecule has 2 fully saturated rings. The van der Waals surface area contributed by atoms with Gasteiger partial charge in [-0.25, -0.2) is 0 Å². The molecular formula is C23H33IN4O3. The summed E-state index contributed by atoms with van der Waals surface area (Å²) in [6, 6.07) is 7.38. The van der Waals surface area contributed by atoms with Crippen molar-refractivity contribution in [3.05, 3.63) is 35.4 Å². The van der Waals surface area contributed by atoms with E-state index in [4.69, 9.17) is 9.73 Å². The zero-order chi connectivity index (χ0) is 21.3. The van der Waals surface area contributed by atoms with Gasteiger partial charge < -0.3 is 15.4 Å². The Hall–Kier alpha value is -1.68. The molecule has 7 nitrogen and oxygen atoms in total. The van der Waals surface area contributed by atoms with E-state index in [9.17, 15) is 9.59 Å². The van der Waals surface area contributed by atoms with Crippen LogP contribution in [0.1, 0.15) is 60.7 Å². The van der Waals surface area contributed by atoms with Crippen molar-refractivity contribution in [3.63, 3.8) is 0 Å². The van der Waals surface area contributed by atoms with Gasteiger partial charge in [-0.05, 0) is 38.3 Å². The van der Waals surface area contributed by atoms with E-state index in [1.165, 1.54) is 4.90 Å². The second kappa shape index (κ2) is 9.85. The molecule has 3 aliphatic rings. The van der Waals surface area contributed by atoms with Crippen molar-refractivity contribution < 1.29 is 14.3 Å². The van der Waals surface area contributed by atoms with Gasteiger partial charge in [0.25, 0.3) is 11.8 Å². The molecule has 2 heterocycles. The molecule has 2 aliphatic heterocycles. The van der Waals surface area contributed by atoms with Crippen LogP contribution in [0.15, 0.2) is 29.3 Å². The lowest BCUT2D eigenvalue weighted by molar-refractivity contribution is -0.106. The number of nitrogens with one attached hydrogen (secondary N) is 2. The number of ether oxygens (including phenoxy) is 1. The SMILES string of the molecule is CCNC(=NCCCCN1C(=O)c2ccccc2C1=O)NC1C2CCOC2C1(C)C.I. The third-order valence-electron chi connectivity index (χ3n) is 6.67. The fraction of sp³-hybridized carbons (Fsp3) is 0.609. The molecule has 1 aliphatic carbocycles. The summed E-state index contributed by atoms with van der Waals surface area (Å²) in [6.45, 7) is 9.30. The van der Waals surface area contributed by atoms with E-state index >= 15 is 0 Å². The number of benzene rings is 1. The monoisotopic (exact) mass is 540 g/mol. The molecule has 31 heavy (non-hydrogen) atoms. The highest BCUT2D eigenvalue weighted by Crippen LogP contribution is 2.52. The van der Waals surface area contributed by atoms with Crippen LogP contribution in [0.2, 0.25) is 0 Å². The highest BCUT2D eigenvalue weighted by atomic mass is 127. The maximum atomic E-state index is 12.4. The first-order chi connectivity index (χ1) is 14.4. The molecule has 2 amide bonds. The molecule has 3 unspecified atom stereocenters. The number of carbonyl (C=O) groups excluding carboxylic acids is 2. The fourth-order valence-corrected chi connectivity index (χ4v) is 5.10. The van der Waals surface area contributed by atoms with E-state index in [2.05, 4.69) is 31.4 Å². The molecule has 1 saturated heterocycles. The normalized spacial score (nSPS) is 26.1. The zero-order valence-electron chi connectivity index (χ0n) is 18.5. The van der Waals surface area contributed by atoms with Crippen molar-refractivity contribution in [2.45, 2.75) is 52.2 Å². The molecule has 1 aromatic rings. The lowest BCUT2D eigenvalue weighted by Gasteiger charge is -2.54. The second-order valence-electron chi connectivity index (χ2n) is 8.96. The van der Waals surface area contributed by atoms with Gasteiger partial charge >= 0.3 is 0 Å². The van der Waals surface area contributed by atoms with Gasteiger partial charge in [0, 0.05) is 43.6 Å². The summed E-state index contributed by atoms with van der Waals surface area (Å²) in [5.41, 5.74) is 1.12. The number of imide groups is 1. The van der Waals surface area contributed by atoms with Gasteiger partial charge in [-0.15, -0.1) is 24.0 Å². The minimum absolute atomic E-state index is 0. The predicted molar refractivity (Wildman–Crippen MR) is 131 cm³/mol. The molecular weight excluding hydrogens is 507 g/mol. The summed E-state index contributed by atoms with van der Waals surface area (Å²) >= 11 is 0. The Balaban J connectivity index is 0.00000272. The highest BCUT2D eigenvalue weighted by Gasteiger charge is 2.59. The van der Waals surface area contributed by atoms with E-state index in [0.29, 0.717) is 42.3 Å². The second-order valence-corrected chi connectivity index (χ2v) is 8.96. The standard InChI is InChI=1S/C23H32N4O3.HI/c1-4-24-22(26-18-17-11-14-30-19(17)23(18,2)3)25-12-7-8-13-27-20(28)15-9-5-6-10-16(15)21(27)29;/h5-6,9-10,17-19H,4,7-8,11-14H2,1-3H3,(H2,24,25,26);1H. The van der Waals surface area contributed by atoms with E-state index in [1.54, 1.807) is 24.3 Å². The number of aliphatic imine (C=N–C) groups is 1. The lowest BCUT2D eigenvalue weighted by atomic mass is 9.57. The van der Waals surface area contributed by atoms with Crippen LogP contribution in [0, 0.1) is 11.3 Å². The van der Waals surface area contributed by atoms with Crippen molar-refractivity contribution in [1.82, 2.24) is 15.5 Å². The number of halogens is 1. The van der Waals surface area contributed by atoms with Gasteiger partial charge in [0.15, 0.2) is 5.96 Å². The van der Waals surface area contributed by atoms with Crippen molar-refractivity contribution in [1.29, 1.82) is 0 Å². The van der Waals surface area contributed by atoms with Gasteiger partial charge in [0.1, 0.15) is 0 Å². The number of carbonyl (C=O) groups is 2. The third kappa shape index (κ3) is 4.46. The summed E-state index contributed by atoms with van der Waals surface area (Å²) in [6.07, 6.45) is 3.00. The summed E-state index contributed by atoms with van der Waals surface area (Å²) in [7, 11) is 0. The lowest BCUT2D eigenvalue weighted by Crippen LogP contribution is -2.67. The van der Waals surface area contributed by atoms with Gasteiger partial charge in [0.2, 0.25) is 0 Å². The van der Waals surface area contributed by atoms with Crippen LogP contribution in [-0.4, -0.2) is 61.1 Å². The Morgan fingerprint density at radius 1 is 1.19 bits per heavy atom. The first kappa shape index (κ1) is 24.0. The van der Waals surface area contributed by atoms with Crippen LogP contribution in [0.25, 0.3) is 0 Å². The van der Waals surface area contributed by atoms with E-state index in [0.717, 1.165) is 38.4 Å². The third-order valence-corrected chi connectivity index (χ3v) is 6.67. The summed E-state index contributed by atoms with van der Waals surface area (Å²) in [5.74, 6) is 1.02. The summed E-state index contributed by atoms with van der Waals surface area (Å²) in [5, 5.41) is 6.95. The molecule has 8 heteroatoms. The van der Waals surface area contributed by atoms with Crippen LogP contribution >= 0.6 is 24.0 Å². The van der Waals surface area contributed by atoms with Crippen LogP contribution in [0.4, 0.5) is 0 Å². The largest absolute Gasteiger partial charge is 0.377 e. The van der Waals surface area contributed by atoms with Crippen LogP contribution < -0.4 is 10.6 Å². The van der Waals surface area contributed by atoms with Gasteiger partial charge in [-0.3, -0.25) is 19.5 Å². The molecule has 1 aromatic carbocycles. The van der Waals surface area contributed by atoms with E-state index in [-0.39, 0.29) is 41.2 Å². The number of amides is 2. The molecule has 170 valence electrons. The molecule has 2 N–H and O–H groups in total. The van der Waals surface area contributed by atoms with Crippen molar-refractivity contribution in [2.24, 2.45) is 16.3 Å². The average molecular weight is 540 g/mol. The molecule has 4 rings (SSSR count). The predicted octanol–water partition coefficient (Wildman–Crippen LogP) is 3.05. The van der Waals surface area contributed by atoms with Crippen LogP contribution in [0.3, 0.4) is 0 Å². The molecule has 0 spiro atoms. The van der Waals surface area contributed by atoms with Crippen LogP contribution in [-0.2, 0) is 4.74 Å². The molecule has 1 saturated carbocycles. The van der Waals surface area contributed by atoms with Gasteiger partial charge in [0.05, 0.1) is 17.2 Å². The maximum absolute atomic E-state index is 12.4. The Morgan fingerprint density at radius 2 is 1.87 bits per heavy atom. The quantitative estimate of drug-likeness (QED) is 0.183. The fourth-order valence-electron chi connectivity index (χ4n) is 5.10. The number of rotatable bonds is 7. The van der Waals surface area contributed by atoms with Gasteiger partial charge in [-0.2, -0.15) is 0 Å². The van der Waals surface area contributed by atoms with Crippen molar-refractivity contribution in [3.8, 4) is 0 Å². The maximum Gasteiger partial charge on any atom is 0.261 e. The molecule has 0 aromatic heterocycles. The van der Waals surface area contributed by atoms with Gasteiger partial charge in [-0.1, -0.05) is 26.0 Å². The number of nitrogens with zero attached hydrogens (tertiary/aromatic N) is 2. The first-order valence-electron chi connectivity index (χ1n) is 11.1. The Labute approximate surface area is 201 Å². The molecule has 0 radical (unpaired) electrons. The number of guanidine groups is 1. The molecule has 0 bridgehead atoms. The van der Waals surface area contributed by atoms with E-state index < -0.39 is 0 Å². The number of hydrogen-bond donors (Lipinski definition) is 2. The summed E-state index contributed by atoms with van der Waals surface area (Å²) < 4.78 is 5.88. The number of fused-ring (bicyclic) bond motifs is 2. The van der Waals surface area contributed by atoms with Crippen molar-refractivity contribution in [2.75, 3.05) is 26.2 Å². The smallest absolute Gasteiger partial charge is 0.261 e. The minimum Gasteiger partial charge on any atom is -0.377 e. The van der Waals surface area contributed by atoms with Crippen molar-refractivity contribution >= 4 is 41.8 Å². The average Bonchev–Trinajstić information content (AvgIpc) is 3.29. The molecule has 3 atom stereocenters.